The van der Waals surface area contributed by atoms with Crippen molar-refractivity contribution in [2.45, 2.75) is 6.92 Å². The third kappa shape index (κ3) is 2.36. The van der Waals surface area contributed by atoms with Gasteiger partial charge in [0.2, 0.25) is 0 Å². The Balaban J connectivity index is 2.29. The summed E-state index contributed by atoms with van der Waals surface area (Å²) in [5.74, 6) is 0.718. The number of aromatic nitrogens is 1. The first-order valence-corrected chi connectivity index (χ1v) is 6.78. The number of nitrogens with zero attached hydrogens (tertiary/aromatic N) is 2. The van der Waals surface area contributed by atoms with E-state index in [-0.39, 0.29) is 5.69 Å². The number of nitro benzene ring substituents is 1. The molecule has 0 unspecified atom stereocenters. The van der Waals surface area contributed by atoms with Crippen LogP contribution in [0.25, 0.3) is 21.8 Å². The summed E-state index contributed by atoms with van der Waals surface area (Å²) in [6.07, 6.45) is 0. The molecule has 0 saturated carbocycles. The van der Waals surface area contributed by atoms with Crippen molar-refractivity contribution in [3.05, 3.63) is 51.5 Å². The minimum Gasteiger partial charge on any atom is -0.494 e. The number of ether oxygens (including phenoxy) is 1. The zero-order valence-corrected chi connectivity index (χ0v) is 11.9. The fourth-order valence-electron chi connectivity index (χ4n) is 2.23. The molecule has 21 heavy (non-hydrogen) atoms. The lowest BCUT2D eigenvalue weighted by atomic mass is 10.1. The summed E-state index contributed by atoms with van der Waals surface area (Å²) in [4.78, 5) is 14.8. The van der Waals surface area contributed by atoms with E-state index in [1.165, 1.54) is 12.1 Å². The molecule has 3 aromatic rings. The molecule has 0 spiro atoms. The number of hydrogen-bond donors (Lipinski definition) is 0. The van der Waals surface area contributed by atoms with Gasteiger partial charge < -0.3 is 4.74 Å². The largest absolute Gasteiger partial charge is 0.494 e. The van der Waals surface area contributed by atoms with Gasteiger partial charge in [-0.1, -0.05) is 11.6 Å². The molecule has 106 valence electrons. The van der Waals surface area contributed by atoms with Crippen molar-refractivity contribution in [1.82, 2.24) is 4.98 Å². The molecule has 0 fully saturated rings. The monoisotopic (exact) mass is 302 g/mol. The van der Waals surface area contributed by atoms with Crippen molar-refractivity contribution in [3.63, 3.8) is 0 Å². The molecule has 2 aromatic carbocycles. The predicted octanol–water partition coefficient (Wildman–Crippen LogP) is 4.35. The van der Waals surface area contributed by atoms with Gasteiger partial charge in [-0.2, -0.15) is 0 Å². The molecule has 0 radical (unpaired) electrons. The van der Waals surface area contributed by atoms with E-state index < -0.39 is 4.92 Å². The molecule has 6 heteroatoms. The predicted molar refractivity (Wildman–Crippen MR) is 82.1 cm³/mol. The minimum atomic E-state index is -0.447. The molecule has 0 aliphatic rings. The Hall–Kier alpha value is -2.40. The second-order valence-electron chi connectivity index (χ2n) is 4.50. The fourth-order valence-corrected chi connectivity index (χ4v) is 2.54. The molecular formula is C15H11ClN2O3. The molecule has 0 N–H and O–H groups in total. The maximum Gasteiger partial charge on any atom is 0.271 e. The molecule has 0 amide bonds. The van der Waals surface area contributed by atoms with Gasteiger partial charge in [-0.25, -0.2) is 4.98 Å². The topological polar surface area (TPSA) is 65.3 Å². The first-order chi connectivity index (χ1) is 10.1. The molecule has 0 atom stereocenters. The standard InChI is InChI=1S/C15H11ClN2O3/c1-2-21-10-4-6-13-12(8-10)15(16)11-5-3-9(18(19)20)7-14(11)17-13/h3-8H,2H2,1H3. The molecule has 3 rings (SSSR count). The van der Waals surface area contributed by atoms with Crippen molar-refractivity contribution in [3.8, 4) is 5.75 Å². The van der Waals surface area contributed by atoms with Crippen molar-refractivity contribution in [2.24, 2.45) is 0 Å². The molecular weight excluding hydrogens is 292 g/mol. The van der Waals surface area contributed by atoms with E-state index in [0.717, 1.165) is 11.1 Å². The van der Waals surface area contributed by atoms with E-state index in [4.69, 9.17) is 16.3 Å². The number of benzene rings is 2. The zero-order valence-electron chi connectivity index (χ0n) is 11.2. The van der Waals surface area contributed by atoms with E-state index in [1.807, 2.05) is 13.0 Å². The first-order valence-electron chi connectivity index (χ1n) is 6.40. The molecule has 0 aliphatic heterocycles. The normalized spacial score (nSPS) is 11.0. The van der Waals surface area contributed by atoms with Crippen molar-refractivity contribution in [1.29, 1.82) is 0 Å². The average molecular weight is 303 g/mol. The van der Waals surface area contributed by atoms with Crippen LogP contribution in [-0.4, -0.2) is 16.5 Å². The minimum absolute atomic E-state index is 0.00338. The van der Waals surface area contributed by atoms with E-state index in [0.29, 0.717) is 28.0 Å². The van der Waals surface area contributed by atoms with Crippen LogP contribution in [0.4, 0.5) is 5.69 Å². The Morgan fingerprint density at radius 3 is 2.71 bits per heavy atom. The molecule has 5 nitrogen and oxygen atoms in total. The third-order valence-electron chi connectivity index (χ3n) is 3.18. The van der Waals surface area contributed by atoms with Gasteiger partial charge in [0.1, 0.15) is 5.75 Å². The molecule has 0 bridgehead atoms. The van der Waals surface area contributed by atoms with Crippen LogP contribution in [0.3, 0.4) is 0 Å². The summed E-state index contributed by atoms with van der Waals surface area (Å²) in [5.41, 5.74) is 1.18. The Morgan fingerprint density at radius 1 is 1.19 bits per heavy atom. The van der Waals surface area contributed by atoms with E-state index >= 15 is 0 Å². The Kier molecular flexibility index (Phi) is 3.35. The first kappa shape index (κ1) is 13.6. The second kappa shape index (κ2) is 5.18. The van der Waals surface area contributed by atoms with E-state index in [2.05, 4.69) is 4.98 Å². The Labute approximate surface area is 125 Å². The highest BCUT2D eigenvalue weighted by Gasteiger charge is 2.12. The third-order valence-corrected chi connectivity index (χ3v) is 3.59. The lowest BCUT2D eigenvalue weighted by Gasteiger charge is -2.08. The summed E-state index contributed by atoms with van der Waals surface area (Å²) < 4.78 is 5.46. The van der Waals surface area contributed by atoms with Crippen LogP contribution in [0.15, 0.2) is 36.4 Å². The quantitative estimate of drug-likeness (QED) is 0.410. The number of fused-ring (bicyclic) bond motifs is 2. The van der Waals surface area contributed by atoms with Gasteiger partial charge in [-0.3, -0.25) is 10.1 Å². The smallest absolute Gasteiger partial charge is 0.271 e. The summed E-state index contributed by atoms with van der Waals surface area (Å²) in [5, 5.41) is 12.8. The maximum absolute atomic E-state index is 10.8. The van der Waals surface area contributed by atoms with E-state index in [9.17, 15) is 10.1 Å². The average Bonchev–Trinajstić information content (AvgIpc) is 2.48. The Morgan fingerprint density at radius 2 is 2.00 bits per heavy atom. The van der Waals surface area contributed by atoms with Gasteiger partial charge in [0.05, 0.1) is 27.6 Å². The highest BCUT2D eigenvalue weighted by Crippen LogP contribution is 2.33. The zero-order chi connectivity index (χ0) is 15.0. The van der Waals surface area contributed by atoms with Crippen LogP contribution in [0, 0.1) is 10.1 Å². The molecule has 1 heterocycles. The molecule has 0 aliphatic carbocycles. The number of non-ortho nitro benzene ring substituents is 1. The summed E-state index contributed by atoms with van der Waals surface area (Å²) in [7, 11) is 0. The number of pyridine rings is 1. The van der Waals surface area contributed by atoms with Crippen LogP contribution in [0.5, 0.6) is 5.75 Å². The summed E-state index contributed by atoms with van der Waals surface area (Å²) in [6.45, 7) is 2.47. The van der Waals surface area contributed by atoms with Crippen LogP contribution >= 0.6 is 11.6 Å². The number of rotatable bonds is 3. The van der Waals surface area contributed by atoms with Gasteiger partial charge in [-0.05, 0) is 31.2 Å². The van der Waals surface area contributed by atoms with Crippen molar-refractivity contribution < 1.29 is 9.66 Å². The molecule has 1 aromatic heterocycles. The van der Waals surface area contributed by atoms with Gasteiger partial charge >= 0.3 is 0 Å². The van der Waals surface area contributed by atoms with Crippen LogP contribution in [0.1, 0.15) is 6.92 Å². The van der Waals surface area contributed by atoms with Crippen LogP contribution in [-0.2, 0) is 0 Å². The van der Waals surface area contributed by atoms with Gasteiger partial charge in [0.25, 0.3) is 5.69 Å². The van der Waals surface area contributed by atoms with E-state index in [1.54, 1.807) is 18.2 Å². The summed E-state index contributed by atoms with van der Waals surface area (Å²) in [6, 6.07) is 9.90. The highest BCUT2D eigenvalue weighted by molar-refractivity contribution is 6.40. The summed E-state index contributed by atoms with van der Waals surface area (Å²) >= 11 is 6.41. The molecule has 0 saturated heterocycles. The van der Waals surface area contributed by atoms with Gasteiger partial charge in [-0.15, -0.1) is 0 Å². The van der Waals surface area contributed by atoms with Crippen LogP contribution < -0.4 is 4.74 Å². The Bertz CT molecular complexity index is 864. The lowest BCUT2D eigenvalue weighted by Crippen LogP contribution is -1.93. The SMILES string of the molecule is CCOc1ccc2nc3cc([N+](=O)[O-])ccc3c(Cl)c2c1. The highest BCUT2D eigenvalue weighted by atomic mass is 35.5. The van der Waals surface area contributed by atoms with Gasteiger partial charge in [0.15, 0.2) is 0 Å². The van der Waals surface area contributed by atoms with Crippen molar-refractivity contribution >= 4 is 39.1 Å². The van der Waals surface area contributed by atoms with Gasteiger partial charge in [0, 0.05) is 22.9 Å². The second-order valence-corrected chi connectivity index (χ2v) is 4.87. The lowest BCUT2D eigenvalue weighted by molar-refractivity contribution is -0.384. The number of hydrogen-bond acceptors (Lipinski definition) is 4. The van der Waals surface area contributed by atoms with Crippen molar-refractivity contribution in [2.75, 3.05) is 6.61 Å². The number of halogens is 1. The van der Waals surface area contributed by atoms with Crippen LogP contribution in [0.2, 0.25) is 5.02 Å². The fraction of sp³-hybridized carbons (Fsp3) is 0.133. The maximum atomic E-state index is 10.8. The number of nitro groups is 1.